The van der Waals surface area contributed by atoms with Crippen LogP contribution in [0.15, 0.2) is 30.3 Å². The summed E-state index contributed by atoms with van der Waals surface area (Å²) >= 11 is 0. The van der Waals surface area contributed by atoms with Crippen LogP contribution in [0.4, 0.5) is 0 Å². The normalized spacial score (nSPS) is 18.1. The number of benzene rings is 1. The van der Waals surface area contributed by atoms with E-state index in [0.717, 1.165) is 6.42 Å². The van der Waals surface area contributed by atoms with E-state index in [-0.39, 0.29) is 0 Å². The van der Waals surface area contributed by atoms with E-state index in [0.29, 0.717) is 12.0 Å². The van der Waals surface area contributed by atoms with Crippen molar-refractivity contribution in [3.05, 3.63) is 35.9 Å². The van der Waals surface area contributed by atoms with Gasteiger partial charge >= 0.3 is 0 Å². The molecule has 0 aliphatic heterocycles. The van der Waals surface area contributed by atoms with Gasteiger partial charge in [0.05, 0.1) is 0 Å². The SMILES string of the molecule is OCCCCC1(Cc2ccccc2)CCC1. The number of aliphatic hydroxyl groups excluding tert-OH is 1. The summed E-state index contributed by atoms with van der Waals surface area (Å²) in [5.41, 5.74) is 2.04. The molecule has 1 aromatic rings. The maximum Gasteiger partial charge on any atom is 0.0431 e. The molecule has 0 unspecified atom stereocenters. The summed E-state index contributed by atoms with van der Waals surface area (Å²) in [6.45, 7) is 0.349. The van der Waals surface area contributed by atoms with Crippen LogP contribution < -0.4 is 0 Å². The van der Waals surface area contributed by atoms with Gasteiger partial charge in [-0.2, -0.15) is 0 Å². The zero-order valence-electron chi connectivity index (χ0n) is 9.99. The highest BCUT2D eigenvalue weighted by Crippen LogP contribution is 2.47. The Balaban J connectivity index is 1.89. The quantitative estimate of drug-likeness (QED) is 0.724. The highest BCUT2D eigenvalue weighted by Gasteiger charge is 2.35. The van der Waals surface area contributed by atoms with Crippen molar-refractivity contribution in [2.45, 2.75) is 44.9 Å². The van der Waals surface area contributed by atoms with Crippen molar-refractivity contribution in [3.63, 3.8) is 0 Å². The van der Waals surface area contributed by atoms with E-state index in [4.69, 9.17) is 5.11 Å². The Hall–Kier alpha value is -0.820. The summed E-state index contributed by atoms with van der Waals surface area (Å²) in [5, 5.41) is 8.84. The lowest BCUT2D eigenvalue weighted by molar-refractivity contribution is 0.112. The Kier molecular flexibility index (Phi) is 4.00. The molecule has 1 saturated carbocycles. The van der Waals surface area contributed by atoms with Crippen LogP contribution in [0.1, 0.15) is 44.1 Å². The van der Waals surface area contributed by atoms with Gasteiger partial charge in [0.2, 0.25) is 0 Å². The van der Waals surface area contributed by atoms with Gasteiger partial charge in [-0.3, -0.25) is 0 Å². The third-order valence-corrected chi connectivity index (χ3v) is 3.95. The number of rotatable bonds is 6. The Labute approximate surface area is 98.5 Å². The monoisotopic (exact) mass is 218 g/mol. The van der Waals surface area contributed by atoms with E-state index in [1.54, 1.807) is 0 Å². The maximum atomic E-state index is 8.84. The molecule has 1 nitrogen and oxygen atoms in total. The minimum atomic E-state index is 0.349. The van der Waals surface area contributed by atoms with Crippen molar-refractivity contribution in [2.75, 3.05) is 6.61 Å². The fraction of sp³-hybridized carbons (Fsp3) is 0.600. The summed E-state index contributed by atoms with van der Waals surface area (Å²) in [5.74, 6) is 0. The number of hydrogen-bond acceptors (Lipinski definition) is 1. The van der Waals surface area contributed by atoms with E-state index in [9.17, 15) is 0 Å². The van der Waals surface area contributed by atoms with Crippen molar-refractivity contribution in [1.82, 2.24) is 0 Å². The van der Waals surface area contributed by atoms with Crippen molar-refractivity contribution in [3.8, 4) is 0 Å². The van der Waals surface area contributed by atoms with Gasteiger partial charge in [-0.1, -0.05) is 43.2 Å². The summed E-state index contributed by atoms with van der Waals surface area (Å²) < 4.78 is 0. The zero-order chi connectivity index (χ0) is 11.3. The zero-order valence-corrected chi connectivity index (χ0v) is 9.99. The Morgan fingerprint density at radius 2 is 1.81 bits per heavy atom. The number of hydrogen-bond donors (Lipinski definition) is 1. The molecule has 88 valence electrons. The first-order valence-corrected chi connectivity index (χ1v) is 6.49. The molecule has 1 aliphatic rings. The number of unbranched alkanes of at least 4 members (excludes halogenated alkanes) is 1. The maximum absolute atomic E-state index is 8.84. The van der Waals surface area contributed by atoms with Crippen molar-refractivity contribution >= 4 is 0 Å². The van der Waals surface area contributed by atoms with Gasteiger partial charge in [-0.25, -0.2) is 0 Å². The van der Waals surface area contributed by atoms with Gasteiger partial charge in [-0.15, -0.1) is 0 Å². The lowest BCUT2D eigenvalue weighted by Crippen LogP contribution is -2.31. The molecular formula is C15H22O. The first kappa shape index (κ1) is 11.7. The first-order chi connectivity index (χ1) is 7.85. The molecule has 0 saturated heterocycles. The third kappa shape index (κ3) is 2.85. The van der Waals surface area contributed by atoms with Crippen LogP contribution in [0.5, 0.6) is 0 Å². The molecule has 0 heterocycles. The average Bonchev–Trinajstić information content (AvgIpc) is 2.27. The molecular weight excluding hydrogens is 196 g/mol. The summed E-state index contributed by atoms with van der Waals surface area (Å²) in [7, 11) is 0. The Bertz CT molecular complexity index is 300. The van der Waals surface area contributed by atoms with Gasteiger partial charge < -0.3 is 5.11 Å². The van der Waals surface area contributed by atoms with Gasteiger partial charge in [-0.05, 0) is 43.1 Å². The molecule has 16 heavy (non-hydrogen) atoms. The van der Waals surface area contributed by atoms with Crippen LogP contribution in [0.2, 0.25) is 0 Å². The van der Waals surface area contributed by atoms with Crippen LogP contribution in [0.3, 0.4) is 0 Å². The third-order valence-electron chi connectivity index (χ3n) is 3.95. The molecule has 1 fully saturated rings. The average molecular weight is 218 g/mol. The van der Waals surface area contributed by atoms with E-state index in [2.05, 4.69) is 30.3 Å². The molecule has 0 aromatic heterocycles. The molecule has 1 N–H and O–H groups in total. The van der Waals surface area contributed by atoms with Crippen LogP contribution in [0, 0.1) is 5.41 Å². The molecule has 1 aromatic carbocycles. The van der Waals surface area contributed by atoms with E-state index in [1.165, 1.54) is 44.1 Å². The van der Waals surface area contributed by atoms with Gasteiger partial charge in [0, 0.05) is 6.61 Å². The van der Waals surface area contributed by atoms with Crippen LogP contribution in [0.25, 0.3) is 0 Å². The van der Waals surface area contributed by atoms with E-state index >= 15 is 0 Å². The second-order valence-electron chi connectivity index (χ2n) is 5.20. The lowest BCUT2D eigenvalue weighted by atomic mass is 9.63. The Morgan fingerprint density at radius 1 is 1.06 bits per heavy atom. The molecule has 0 atom stereocenters. The predicted octanol–water partition coefficient (Wildman–Crippen LogP) is 3.56. The second-order valence-corrected chi connectivity index (χ2v) is 5.20. The molecule has 0 spiro atoms. The first-order valence-electron chi connectivity index (χ1n) is 6.49. The van der Waals surface area contributed by atoms with Gasteiger partial charge in [0.15, 0.2) is 0 Å². The van der Waals surface area contributed by atoms with Gasteiger partial charge in [0.25, 0.3) is 0 Å². The predicted molar refractivity (Wildman–Crippen MR) is 67.4 cm³/mol. The summed E-state index contributed by atoms with van der Waals surface area (Å²) in [6.07, 6.45) is 8.84. The highest BCUT2D eigenvalue weighted by atomic mass is 16.2. The topological polar surface area (TPSA) is 20.2 Å². The smallest absolute Gasteiger partial charge is 0.0431 e. The fourth-order valence-corrected chi connectivity index (χ4v) is 2.83. The lowest BCUT2D eigenvalue weighted by Gasteiger charge is -2.42. The minimum Gasteiger partial charge on any atom is -0.396 e. The molecule has 2 rings (SSSR count). The second kappa shape index (κ2) is 5.49. The van der Waals surface area contributed by atoms with Crippen LogP contribution >= 0.6 is 0 Å². The van der Waals surface area contributed by atoms with Crippen molar-refractivity contribution in [2.24, 2.45) is 5.41 Å². The standard InChI is InChI=1S/C15H22O/c16-12-5-4-9-15(10-6-11-15)13-14-7-2-1-3-8-14/h1-3,7-8,16H,4-6,9-13H2. The highest BCUT2D eigenvalue weighted by molar-refractivity contribution is 5.17. The molecule has 1 heteroatoms. The number of aliphatic hydroxyl groups is 1. The van der Waals surface area contributed by atoms with Gasteiger partial charge in [0.1, 0.15) is 0 Å². The molecule has 0 amide bonds. The minimum absolute atomic E-state index is 0.349. The fourth-order valence-electron chi connectivity index (χ4n) is 2.83. The van der Waals surface area contributed by atoms with E-state index < -0.39 is 0 Å². The van der Waals surface area contributed by atoms with Crippen LogP contribution in [-0.2, 0) is 6.42 Å². The largest absolute Gasteiger partial charge is 0.396 e. The molecule has 0 bridgehead atoms. The molecule has 1 aliphatic carbocycles. The summed E-state index contributed by atoms with van der Waals surface area (Å²) in [4.78, 5) is 0. The summed E-state index contributed by atoms with van der Waals surface area (Å²) in [6, 6.07) is 10.8. The van der Waals surface area contributed by atoms with Crippen LogP contribution in [-0.4, -0.2) is 11.7 Å². The Morgan fingerprint density at radius 3 is 2.38 bits per heavy atom. The van der Waals surface area contributed by atoms with Crippen molar-refractivity contribution < 1.29 is 5.11 Å². The molecule has 0 radical (unpaired) electrons. The van der Waals surface area contributed by atoms with Crippen molar-refractivity contribution in [1.29, 1.82) is 0 Å². The van der Waals surface area contributed by atoms with E-state index in [1.807, 2.05) is 0 Å².